The number of rotatable bonds is 4. The molecule has 0 saturated heterocycles. The standard InChI is InChI=1S/C15H15N/c16-15-12-5-4-10-14(15)11-6-9-13-7-2-1-3-8-13/h1-5,7-8,10,12H,6,9,11H2/i9D. The third-order valence-electron chi connectivity index (χ3n) is 2.58. The maximum atomic E-state index is 9.63. The molecule has 2 rings (SSSR count). The number of benzene rings is 1. The third kappa shape index (κ3) is 2.86. The Balaban J connectivity index is 1.91. The zero-order chi connectivity index (χ0) is 12.1. The van der Waals surface area contributed by atoms with Crippen molar-refractivity contribution in [1.29, 1.82) is 0 Å². The first-order valence-corrected chi connectivity index (χ1v) is 5.51. The zero-order valence-electron chi connectivity index (χ0n) is 10.1. The molecular formula is C15H15N. The average Bonchev–Trinajstić information content (AvgIpc) is 2.38. The van der Waals surface area contributed by atoms with Crippen LogP contribution < -0.4 is 0 Å². The first-order valence-electron chi connectivity index (χ1n) is 6.09. The molecule has 16 heavy (non-hydrogen) atoms. The Labute approximate surface area is 98.4 Å². The second-order valence-corrected chi connectivity index (χ2v) is 3.78. The first-order chi connectivity index (χ1) is 8.27. The molecule has 0 amide bonds. The summed E-state index contributed by atoms with van der Waals surface area (Å²) >= 11 is 0. The predicted molar refractivity (Wildman–Crippen MR) is 69.3 cm³/mol. The van der Waals surface area contributed by atoms with E-state index in [1.54, 1.807) is 6.08 Å². The zero-order valence-corrected chi connectivity index (χ0v) is 9.13. The van der Waals surface area contributed by atoms with Crippen molar-refractivity contribution in [2.45, 2.75) is 19.2 Å². The van der Waals surface area contributed by atoms with Crippen LogP contribution in [-0.4, -0.2) is 5.71 Å². The molecule has 1 aromatic carbocycles. The van der Waals surface area contributed by atoms with E-state index < -0.39 is 0 Å². The summed E-state index contributed by atoms with van der Waals surface area (Å²) in [5.74, 6) is 0. The molecule has 0 aliphatic heterocycles. The van der Waals surface area contributed by atoms with Crippen LogP contribution in [0.2, 0.25) is 0 Å². The van der Waals surface area contributed by atoms with Gasteiger partial charge < -0.3 is 5.41 Å². The van der Waals surface area contributed by atoms with Crippen LogP contribution in [0.1, 0.15) is 19.8 Å². The average molecular weight is 210 g/mol. The van der Waals surface area contributed by atoms with Crippen molar-refractivity contribution in [1.82, 2.24) is 0 Å². The molecule has 0 fully saturated rings. The molecule has 1 unspecified atom stereocenters. The molecule has 1 nitrogen and oxygen atoms in total. The highest BCUT2D eigenvalue weighted by molar-refractivity contribution is 6.11. The number of nitrogens with zero attached hydrogens (tertiary/aromatic N) is 1. The van der Waals surface area contributed by atoms with Gasteiger partial charge in [0.05, 0.1) is 0 Å². The van der Waals surface area contributed by atoms with Crippen molar-refractivity contribution in [3.05, 3.63) is 71.5 Å². The number of hydrogen-bond acceptors (Lipinski definition) is 0. The molecule has 0 N–H and O–H groups in total. The molecule has 1 aliphatic rings. The van der Waals surface area contributed by atoms with Crippen LogP contribution in [0.4, 0.5) is 0 Å². The van der Waals surface area contributed by atoms with Crippen molar-refractivity contribution in [2.75, 3.05) is 0 Å². The van der Waals surface area contributed by atoms with Gasteiger partial charge in [0.25, 0.3) is 0 Å². The Bertz CT molecular complexity index is 445. The van der Waals surface area contributed by atoms with E-state index >= 15 is 0 Å². The van der Waals surface area contributed by atoms with Gasteiger partial charge in [0, 0.05) is 38.0 Å². The number of aryl methyl sites for hydroxylation is 1. The summed E-state index contributed by atoms with van der Waals surface area (Å²) in [4.78, 5) is 0. The Morgan fingerprint density at radius 2 is 2.06 bits per heavy atom. The minimum Gasteiger partial charge on any atom is -0.779 e. The van der Waals surface area contributed by atoms with E-state index in [2.05, 4.69) is 0 Å². The van der Waals surface area contributed by atoms with Crippen LogP contribution in [0, 0.1) is 6.42 Å². The van der Waals surface area contributed by atoms with Crippen LogP contribution in [0.5, 0.6) is 0 Å². The van der Waals surface area contributed by atoms with Crippen LogP contribution in [0.15, 0.2) is 54.1 Å². The SMILES string of the molecule is [2H]C(CCC1=C[CH+]C=CC1=[N-])c1ccccc1. The summed E-state index contributed by atoms with van der Waals surface area (Å²) < 4.78 is 8.05. The lowest BCUT2D eigenvalue weighted by Crippen LogP contribution is -2.01. The minimum atomic E-state index is -0.226. The molecule has 0 heterocycles. The second-order valence-electron chi connectivity index (χ2n) is 3.78. The second kappa shape index (κ2) is 5.36. The molecule has 1 heteroatoms. The van der Waals surface area contributed by atoms with Gasteiger partial charge in [-0.25, -0.2) is 0 Å². The van der Waals surface area contributed by atoms with E-state index in [0.717, 1.165) is 24.0 Å². The third-order valence-corrected chi connectivity index (χ3v) is 2.58. The molecule has 1 atom stereocenters. The van der Waals surface area contributed by atoms with E-state index in [-0.39, 0.29) is 6.40 Å². The van der Waals surface area contributed by atoms with Gasteiger partial charge in [0.1, 0.15) is 0 Å². The Hall–Kier alpha value is -1.76. The molecule has 0 bridgehead atoms. The fourth-order valence-electron chi connectivity index (χ4n) is 1.71. The summed E-state index contributed by atoms with van der Waals surface area (Å²) in [5.41, 5.74) is 2.27. The van der Waals surface area contributed by atoms with Crippen LogP contribution >= 0.6 is 0 Å². The molecule has 0 radical (unpaired) electrons. The lowest BCUT2D eigenvalue weighted by molar-refractivity contribution is 0.829. The van der Waals surface area contributed by atoms with Crippen LogP contribution in [-0.2, 0) is 6.40 Å². The highest BCUT2D eigenvalue weighted by atomic mass is 14.4. The van der Waals surface area contributed by atoms with E-state index in [4.69, 9.17) is 1.37 Å². The van der Waals surface area contributed by atoms with Crippen LogP contribution in [0.25, 0.3) is 5.41 Å². The molecule has 0 saturated carbocycles. The summed E-state index contributed by atoms with van der Waals surface area (Å²) in [5, 5.41) is 9.63. The summed E-state index contributed by atoms with van der Waals surface area (Å²) in [6.45, 7) is 0. The summed E-state index contributed by atoms with van der Waals surface area (Å²) in [6, 6.07) is 9.82. The maximum Gasteiger partial charge on any atom is 0.0495 e. The number of allylic oxidation sites excluding steroid dienone is 4. The molecule has 1 aliphatic carbocycles. The van der Waals surface area contributed by atoms with E-state index in [1.807, 2.05) is 48.9 Å². The van der Waals surface area contributed by atoms with E-state index in [0.29, 0.717) is 5.71 Å². The molecule has 1 aromatic rings. The van der Waals surface area contributed by atoms with Crippen LogP contribution in [0.3, 0.4) is 0 Å². The van der Waals surface area contributed by atoms with E-state index in [1.165, 1.54) is 0 Å². The first kappa shape index (κ1) is 9.46. The minimum absolute atomic E-state index is 0.226. The summed E-state index contributed by atoms with van der Waals surface area (Å²) in [6.07, 6.45) is 8.56. The van der Waals surface area contributed by atoms with Crippen molar-refractivity contribution in [3.63, 3.8) is 0 Å². The Morgan fingerprint density at radius 3 is 2.81 bits per heavy atom. The lowest BCUT2D eigenvalue weighted by Gasteiger charge is -2.08. The van der Waals surface area contributed by atoms with Gasteiger partial charge in [-0.15, -0.1) is 0 Å². The fraction of sp³-hybridized carbons (Fsp3) is 0.200. The normalized spacial score (nSPS) is 17.4. The van der Waals surface area contributed by atoms with E-state index in [9.17, 15) is 5.41 Å². The van der Waals surface area contributed by atoms with Crippen molar-refractivity contribution < 1.29 is 1.37 Å². The summed E-state index contributed by atoms with van der Waals surface area (Å²) in [7, 11) is 0. The predicted octanol–water partition coefficient (Wildman–Crippen LogP) is 3.72. The Morgan fingerprint density at radius 1 is 1.25 bits per heavy atom. The largest absolute Gasteiger partial charge is 0.779 e. The molecule has 0 aromatic heterocycles. The Kier molecular flexibility index (Phi) is 3.17. The van der Waals surface area contributed by atoms with Gasteiger partial charge in [-0.05, 0) is 24.1 Å². The topological polar surface area (TPSA) is 22.3 Å². The van der Waals surface area contributed by atoms with Gasteiger partial charge >= 0.3 is 0 Å². The van der Waals surface area contributed by atoms with Crippen molar-refractivity contribution in [3.8, 4) is 0 Å². The quantitative estimate of drug-likeness (QED) is 0.676. The fourth-order valence-corrected chi connectivity index (χ4v) is 1.71. The number of hydrogen-bond donors (Lipinski definition) is 0. The van der Waals surface area contributed by atoms with Gasteiger partial charge in [0.15, 0.2) is 0 Å². The highest BCUT2D eigenvalue weighted by Crippen LogP contribution is 2.15. The van der Waals surface area contributed by atoms with Gasteiger partial charge in [-0.2, -0.15) is 0 Å². The molecular weight excluding hydrogens is 194 g/mol. The maximum absolute atomic E-state index is 9.63. The monoisotopic (exact) mass is 210 g/mol. The smallest absolute Gasteiger partial charge is 0.0495 e. The highest BCUT2D eigenvalue weighted by Gasteiger charge is 2.07. The van der Waals surface area contributed by atoms with Gasteiger partial charge in [-0.1, -0.05) is 30.3 Å². The molecule has 0 spiro atoms. The van der Waals surface area contributed by atoms with Gasteiger partial charge in [-0.3, -0.25) is 0 Å². The van der Waals surface area contributed by atoms with Crippen molar-refractivity contribution in [2.24, 2.45) is 0 Å². The lowest BCUT2D eigenvalue weighted by atomic mass is 9.97. The van der Waals surface area contributed by atoms with Crippen molar-refractivity contribution >= 4 is 5.71 Å². The molecule has 80 valence electrons. The van der Waals surface area contributed by atoms with Gasteiger partial charge in [0.2, 0.25) is 0 Å².